The van der Waals surface area contributed by atoms with Crippen molar-refractivity contribution in [1.29, 1.82) is 0 Å². The number of aliphatic hydroxyl groups excluding tert-OH is 1. The van der Waals surface area contributed by atoms with E-state index in [2.05, 4.69) is 5.32 Å². The van der Waals surface area contributed by atoms with Crippen molar-refractivity contribution in [2.45, 2.75) is 127 Å². The number of esters is 2. The Morgan fingerprint density at radius 2 is 1.79 bits per heavy atom. The molecule has 1 amide bonds. The quantitative estimate of drug-likeness (QED) is 0.252. The number of hydrogen-bond acceptors (Lipinski definition) is 11. The summed E-state index contributed by atoms with van der Waals surface area (Å²) in [5.74, 6) is -1.46. The van der Waals surface area contributed by atoms with Gasteiger partial charge in [0.25, 0.3) is 0 Å². The molecule has 6 fully saturated rings. The highest BCUT2D eigenvalue weighted by atomic mass is 16.8. The number of rotatable bonds is 13. The van der Waals surface area contributed by atoms with Crippen molar-refractivity contribution in [3.05, 3.63) is 71.3 Å². The van der Waals surface area contributed by atoms with Gasteiger partial charge in [0.15, 0.2) is 11.8 Å². The summed E-state index contributed by atoms with van der Waals surface area (Å²) in [7, 11) is 0. The number of allylic oxidation sites excluding steroid dienone is 1. The summed E-state index contributed by atoms with van der Waals surface area (Å²) >= 11 is 0. The third-order valence-corrected chi connectivity index (χ3v) is 11.5. The minimum atomic E-state index is -1.40. The highest BCUT2D eigenvalue weighted by Crippen LogP contribution is 2.63. The predicted molar refractivity (Wildman–Crippen MR) is 190 cm³/mol. The van der Waals surface area contributed by atoms with Gasteiger partial charge in [-0.1, -0.05) is 54.6 Å². The molecule has 7 unspecified atom stereocenters. The number of carbonyl (C=O) groups excluding carboxylic acids is 3. The highest BCUT2D eigenvalue weighted by molar-refractivity contribution is 5.93. The van der Waals surface area contributed by atoms with Crippen molar-refractivity contribution >= 4 is 23.9 Å². The third kappa shape index (κ3) is 6.89. The van der Waals surface area contributed by atoms with E-state index in [1.165, 1.54) is 0 Å². The summed E-state index contributed by atoms with van der Waals surface area (Å²) in [5.41, 5.74) is 0.543. The van der Waals surface area contributed by atoms with Gasteiger partial charge < -0.3 is 34.5 Å². The van der Waals surface area contributed by atoms with E-state index in [4.69, 9.17) is 23.8 Å². The fourth-order valence-electron chi connectivity index (χ4n) is 8.86. The Labute approximate surface area is 309 Å². The van der Waals surface area contributed by atoms with Crippen LogP contribution in [0.2, 0.25) is 0 Å². The predicted octanol–water partition coefficient (Wildman–Crippen LogP) is 4.35. The van der Waals surface area contributed by atoms with Gasteiger partial charge in [0, 0.05) is 24.7 Å². The Balaban J connectivity index is 1.07. The van der Waals surface area contributed by atoms with Crippen LogP contribution < -0.4 is 5.32 Å². The second kappa shape index (κ2) is 13.8. The van der Waals surface area contributed by atoms with E-state index in [1.807, 2.05) is 48.6 Å². The number of ether oxygens (including phenoxy) is 4. The van der Waals surface area contributed by atoms with Gasteiger partial charge in [0.1, 0.15) is 41.2 Å². The minimum Gasteiger partial charge on any atom is -0.508 e. The van der Waals surface area contributed by atoms with Crippen LogP contribution in [0.5, 0.6) is 5.75 Å². The Morgan fingerprint density at radius 1 is 1.06 bits per heavy atom. The number of amides is 1. The molecule has 2 bridgehead atoms. The number of carbonyl (C=O) groups is 3. The average Bonchev–Trinajstić information content (AvgIpc) is 4.06. The monoisotopic (exact) mass is 730 g/mol. The van der Waals surface area contributed by atoms with Crippen LogP contribution in [-0.4, -0.2) is 87.6 Å². The molecule has 0 radical (unpaired) electrons. The Kier molecular flexibility index (Phi) is 9.42. The Bertz CT molecular complexity index is 1750. The first-order valence-corrected chi connectivity index (χ1v) is 19.1. The van der Waals surface area contributed by atoms with E-state index in [1.54, 1.807) is 38.0 Å². The molecule has 12 heteroatoms. The molecule has 284 valence electrons. The van der Waals surface area contributed by atoms with Crippen molar-refractivity contribution < 1.29 is 48.4 Å². The van der Waals surface area contributed by atoms with Gasteiger partial charge >= 0.3 is 11.9 Å². The SMILES string of the molecule is CC(C)(C)OC(=O)CCC(CO)NC(=O)C12CC3OC(=O)C1N(Cc1cccc(C=CCc4ccccc4O)c1)OC2C1OC(C2CC2)(C2CC2)OC31. The number of para-hydroxylation sites is 1. The van der Waals surface area contributed by atoms with Crippen LogP contribution in [0, 0.1) is 17.3 Å². The molecule has 3 heterocycles. The molecule has 3 N–H and O–H groups in total. The first kappa shape index (κ1) is 36.2. The molecule has 53 heavy (non-hydrogen) atoms. The van der Waals surface area contributed by atoms with Gasteiger partial charge in [-0.3, -0.25) is 19.2 Å². The molecule has 3 saturated heterocycles. The maximum Gasteiger partial charge on any atom is 0.327 e. The molecule has 7 atom stereocenters. The van der Waals surface area contributed by atoms with Gasteiger partial charge in [-0.05, 0) is 82.1 Å². The standard InChI is InChI=1S/C41H50N2O10/c1-39(2,3)50-32(46)19-18-29(23-44)42-38(48)40-21-31-33-34(52-41(51-33,27-14-15-27)28-16-17-28)36(40)53-43(35(40)37(47)49-31)22-25-10-6-8-24(20-25)9-7-12-26-11-4-5-13-30(26)45/h4-11,13,20,27-29,31,33-36,44-45H,12,14-19,21-23H2,1-3H3,(H,42,48). The van der Waals surface area contributed by atoms with Crippen LogP contribution in [0.25, 0.3) is 6.08 Å². The van der Waals surface area contributed by atoms with Crippen molar-refractivity contribution in [1.82, 2.24) is 10.4 Å². The maximum atomic E-state index is 14.8. The van der Waals surface area contributed by atoms with Gasteiger partial charge in [-0.2, -0.15) is 5.06 Å². The second-order valence-corrected chi connectivity index (χ2v) is 16.6. The van der Waals surface area contributed by atoms with Crippen LogP contribution >= 0.6 is 0 Å². The molecule has 3 saturated carbocycles. The van der Waals surface area contributed by atoms with Gasteiger partial charge in [0.2, 0.25) is 5.91 Å². The summed E-state index contributed by atoms with van der Waals surface area (Å²) in [6.07, 6.45) is 6.05. The zero-order chi connectivity index (χ0) is 37.1. The molecule has 2 aromatic rings. The normalized spacial score (nSPS) is 30.9. The number of hydrogen-bond donors (Lipinski definition) is 3. The van der Waals surface area contributed by atoms with Crippen molar-refractivity contribution in [3.63, 3.8) is 0 Å². The van der Waals surface area contributed by atoms with Crippen molar-refractivity contribution in [3.8, 4) is 5.75 Å². The number of benzene rings is 2. The van der Waals surface area contributed by atoms with Gasteiger partial charge in [0.05, 0.1) is 19.2 Å². The smallest absolute Gasteiger partial charge is 0.327 e. The first-order chi connectivity index (χ1) is 25.4. The van der Waals surface area contributed by atoms with E-state index in [0.29, 0.717) is 6.42 Å². The lowest BCUT2D eigenvalue weighted by molar-refractivity contribution is -0.235. The van der Waals surface area contributed by atoms with E-state index in [0.717, 1.165) is 42.4 Å². The lowest BCUT2D eigenvalue weighted by Crippen LogP contribution is -2.70. The van der Waals surface area contributed by atoms with Crippen molar-refractivity contribution in [2.24, 2.45) is 17.3 Å². The van der Waals surface area contributed by atoms with Crippen LogP contribution in [0.15, 0.2) is 54.6 Å². The van der Waals surface area contributed by atoms with Gasteiger partial charge in [-0.25, -0.2) is 0 Å². The fraction of sp³-hybridized carbons (Fsp3) is 0.585. The molecule has 8 rings (SSSR count). The number of nitrogens with zero attached hydrogens (tertiary/aromatic N) is 1. The van der Waals surface area contributed by atoms with Crippen LogP contribution in [-0.2, 0) is 51.1 Å². The molecule has 3 aliphatic heterocycles. The van der Waals surface area contributed by atoms with Gasteiger partial charge in [-0.15, -0.1) is 0 Å². The fourth-order valence-corrected chi connectivity index (χ4v) is 8.86. The number of phenolic OH excluding ortho intramolecular Hbond substituents is 1. The van der Waals surface area contributed by atoms with E-state index >= 15 is 0 Å². The second-order valence-electron chi connectivity index (χ2n) is 16.6. The highest BCUT2D eigenvalue weighted by Gasteiger charge is 2.78. The number of phenols is 1. The average molecular weight is 731 g/mol. The van der Waals surface area contributed by atoms with Crippen LogP contribution in [0.3, 0.4) is 0 Å². The zero-order valence-electron chi connectivity index (χ0n) is 30.6. The Hall–Kier alpha value is -3.81. The lowest BCUT2D eigenvalue weighted by Gasteiger charge is -2.49. The summed E-state index contributed by atoms with van der Waals surface area (Å²) in [4.78, 5) is 48.2. The molecule has 0 aromatic heterocycles. The maximum absolute atomic E-state index is 14.8. The summed E-state index contributed by atoms with van der Waals surface area (Å²) in [5, 5.41) is 25.1. The number of hydroxylamine groups is 2. The number of fused-ring (bicyclic) bond motifs is 4. The molecule has 12 nitrogen and oxygen atoms in total. The first-order valence-electron chi connectivity index (χ1n) is 19.1. The Morgan fingerprint density at radius 3 is 2.49 bits per heavy atom. The number of nitrogens with one attached hydrogen (secondary N) is 1. The summed E-state index contributed by atoms with van der Waals surface area (Å²) in [6.45, 7) is 5.14. The molecule has 6 aliphatic rings. The zero-order valence-corrected chi connectivity index (χ0v) is 30.6. The lowest BCUT2D eigenvalue weighted by atomic mass is 9.62. The summed E-state index contributed by atoms with van der Waals surface area (Å²) < 4.78 is 25.4. The number of aliphatic hydroxyl groups is 1. The molecule has 3 aliphatic carbocycles. The molecular formula is C41H50N2O10. The molecule has 0 spiro atoms. The van der Waals surface area contributed by atoms with E-state index in [9.17, 15) is 24.6 Å². The summed E-state index contributed by atoms with van der Waals surface area (Å²) in [6, 6.07) is 13.2. The topological polar surface area (TPSA) is 153 Å². The van der Waals surface area contributed by atoms with Crippen molar-refractivity contribution in [2.75, 3.05) is 6.61 Å². The minimum absolute atomic E-state index is 0.000169. The number of aromatic hydroxyl groups is 1. The van der Waals surface area contributed by atoms with Crippen LogP contribution in [0.4, 0.5) is 0 Å². The van der Waals surface area contributed by atoms with E-state index in [-0.39, 0.29) is 43.4 Å². The largest absolute Gasteiger partial charge is 0.508 e. The third-order valence-electron chi connectivity index (χ3n) is 11.5. The molecule has 2 aromatic carbocycles. The van der Waals surface area contributed by atoms with E-state index < -0.39 is 77.8 Å². The molecular weight excluding hydrogens is 680 g/mol. The van der Waals surface area contributed by atoms with Crippen LogP contribution in [0.1, 0.15) is 82.4 Å².